The number of fused-ring (bicyclic) bond motifs is 1. The molecule has 0 bridgehead atoms. The summed E-state index contributed by atoms with van der Waals surface area (Å²) < 4.78 is 23.8. The standard InChI is InChI=1S/C27H38O5S/c1-2-3-17-33(30)18-7-5-4-6-15-31-16-14-24-25-13-12-23(29)19-27(25)32-20-26(24)21-8-10-22(28)11-9-21/h8-13,19,24,26,28-29H,2-7,14-18,20H2,1H3/t24-,26-,33?/m1/s1. The summed E-state index contributed by atoms with van der Waals surface area (Å²) in [6.07, 6.45) is 7.33. The molecule has 1 unspecified atom stereocenters. The first-order valence-corrected chi connectivity index (χ1v) is 13.7. The predicted octanol–water partition coefficient (Wildman–Crippen LogP) is 5.87. The van der Waals surface area contributed by atoms with E-state index >= 15 is 0 Å². The fraction of sp³-hybridized carbons (Fsp3) is 0.556. The van der Waals surface area contributed by atoms with Gasteiger partial charge in [0.05, 0.1) is 6.61 Å². The zero-order valence-electron chi connectivity index (χ0n) is 19.7. The average molecular weight is 475 g/mol. The Bertz CT molecular complexity index is 867. The number of phenols is 2. The van der Waals surface area contributed by atoms with E-state index in [0.717, 1.165) is 79.9 Å². The summed E-state index contributed by atoms with van der Waals surface area (Å²) >= 11 is 0. The lowest BCUT2D eigenvalue weighted by Gasteiger charge is -2.34. The van der Waals surface area contributed by atoms with E-state index in [1.54, 1.807) is 24.3 Å². The van der Waals surface area contributed by atoms with Gasteiger partial charge in [-0.2, -0.15) is 0 Å². The van der Waals surface area contributed by atoms with E-state index in [0.29, 0.717) is 13.2 Å². The number of phenolic OH excluding ortho intramolecular Hbond substituents is 2. The molecule has 1 heterocycles. The molecule has 1 aliphatic rings. The molecule has 0 spiro atoms. The second-order valence-electron chi connectivity index (χ2n) is 8.85. The maximum absolute atomic E-state index is 11.8. The number of hydrogen-bond donors (Lipinski definition) is 2. The van der Waals surface area contributed by atoms with Gasteiger partial charge in [-0.3, -0.25) is 4.21 Å². The van der Waals surface area contributed by atoms with Gasteiger partial charge in [0.1, 0.15) is 17.2 Å². The fourth-order valence-corrected chi connectivity index (χ4v) is 5.75. The maximum Gasteiger partial charge on any atom is 0.126 e. The summed E-state index contributed by atoms with van der Waals surface area (Å²) in [5, 5.41) is 19.5. The number of unbranched alkanes of at least 4 members (excludes halogenated alkanes) is 4. The molecule has 3 rings (SSSR count). The van der Waals surface area contributed by atoms with Gasteiger partial charge in [0, 0.05) is 47.5 Å². The molecule has 0 radical (unpaired) electrons. The van der Waals surface area contributed by atoms with Crippen molar-refractivity contribution in [2.24, 2.45) is 0 Å². The minimum atomic E-state index is -0.645. The van der Waals surface area contributed by atoms with Crippen LogP contribution in [0.3, 0.4) is 0 Å². The molecule has 33 heavy (non-hydrogen) atoms. The molecule has 2 N–H and O–H groups in total. The van der Waals surface area contributed by atoms with E-state index < -0.39 is 10.8 Å². The highest BCUT2D eigenvalue weighted by molar-refractivity contribution is 7.84. The normalized spacial score (nSPS) is 18.5. The van der Waals surface area contributed by atoms with Crippen LogP contribution in [-0.2, 0) is 15.5 Å². The topological polar surface area (TPSA) is 76.0 Å². The van der Waals surface area contributed by atoms with Gasteiger partial charge in [-0.25, -0.2) is 0 Å². The van der Waals surface area contributed by atoms with Gasteiger partial charge in [0.15, 0.2) is 0 Å². The molecule has 0 aromatic heterocycles. The van der Waals surface area contributed by atoms with E-state index in [1.165, 1.54) is 0 Å². The SMILES string of the molecule is CCCCS(=O)CCCCCCOCC[C@@H]1c2ccc(O)cc2OC[C@@H]1c1ccc(O)cc1. The highest BCUT2D eigenvalue weighted by Gasteiger charge is 2.32. The third-order valence-electron chi connectivity index (χ3n) is 6.33. The van der Waals surface area contributed by atoms with Gasteiger partial charge >= 0.3 is 0 Å². The van der Waals surface area contributed by atoms with Gasteiger partial charge in [0.2, 0.25) is 0 Å². The Labute approximate surface area is 200 Å². The highest BCUT2D eigenvalue weighted by atomic mass is 32.2. The van der Waals surface area contributed by atoms with Crippen molar-refractivity contribution in [1.82, 2.24) is 0 Å². The number of ether oxygens (including phenoxy) is 2. The minimum Gasteiger partial charge on any atom is -0.508 e. The van der Waals surface area contributed by atoms with Gasteiger partial charge in [-0.05, 0) is 60.9 Å². The largest absolute Gasteiger partial charge is 0.508 e. The van der Waals surface area contributed by atoms with Crippen molar-refractivity contribution < 1.29 is 23.9 Å². The van der Waals surface area contributed by atoms with Crippen molar-refractivity contribution in [3.63, 3.8) is 0 Å². The summed E-state index contributed by atoms with van der Waals surface area (Å²) in [6.45, 7) is 4.08. The van der Waals surface area contributed by atoms with E-state index in [2.05, 4.69) is 6.92 Å². The molecule has 3 atom stereocenters. The lowest BCUT2D eigenvalue weighted by Crippen LogP contribution is -2.25. The van der Waals surface area contributed by atoms with Crippen LogP contribution in [-0.4, -0.2) is 45.7 Å². The van der Waals surface area contributed by atoms with Crippen LogP contribution in [0, 0.1) is 0 Å². The van der Waals surface area contributed by atoms with Crippen LogP contribution in [0.25, 0.3) is 0 Å². The van der Waals surface area contributed by atoms with Crippen LogP contribution in [0.1, 0.15) is 74.8 Å². The predicted molar refractivity (Wildman–Crippen MR) is 134 cm³/mol. The van der Waals surface area contributed by atoms with Crippen LogP contribution in [0.4, 0.5) is 0 Å². The molecular weight excluding hydrogens is 436 g/mol. The monoisotopic (exact) mass is 474 g/mol. The number of aromatic hydroxyl groups is 2. The van der Waals surface area contributed by atoms with Gasteiger partial charge < -0.3 is 19.7 Å². The van der Waals surface area contributed by atoms with Gasteiger partial charge in [-0.15, -0.1) is 0 Å². The number of rotatable bonds is 14. The van der Waals surface area contributed by atoms with Gasteiger partial charge in [0.25, 0.3) is 0 Å². The van der Waals surface area contributed by atoms with Crippen molar-refractivity contribution in [2.75, 3.05) is 31.3 Å². The Morgan fingerprint density at radius 1 is 0.939 bits per heavy atom. The lowest BCUT2D eigenvalue weighted by atomic mass is 9.78. The molecule has 2 aromatic carbocycles. The average Bonchev–Trinajstić information content (AvgIpc) is 2.82. The Kier molecular flexibility index (Phi) is 10.5. The van der Waals surface area contributed by atoms with Crippen molar-refractivity contribution in [3.05, 3.63) is 53.6 Å². The van der Waals surface area contributed by atoms with Crippen LogP contribution in [0.2, 0.25) is 0 Å². The second-order valence-corrected chi connectivity index (χ2v) is 10.6. The Morgan fingerprint density at radius 3 is 2.45 bits per heavy atom. The molecule has 0 amide bonds. The molecule has 0 fully saturated rings. The minimum absolute atomic E-state index is 0.167. The second kappa shape index (κ2) is 13.6. The summed E-state index contributed by atoms with van der Waals surface area (Å²) in [7, 11) is -0.645. The van der Waals surface area contributed by atoms with E-state index in [1.807, 2.05) is 18.2 Å². The quantitative estimate of drug-likeness (QED) is 0.335. The number of hydrogen-bond acceptors (Lipinski definition) is 5. The van der Waals surface area contributed by atoms with Crippen LogP contribution in [0.15, 0.2) is 42.5 Å². The smallest absolute Gasteiger partial charge is 0.126 e. The van der Waals surface area contributed by atoms with E-state index in [4.69, 9.17) is 9.47 Å². The van der Waals surface area contributed by atoms with Gasteiger partial charge in [-0.1, -0.05) is 44.4 Å². The Hall–Kier alpha value is -2.05. The first-order valence-electron chi connectivity index (χ1n) is 12.3. The Morgan fingerprint density at radius 2 is 1.67 bits per heavy atom. The zero-order chi connectivity index (χ0) is 23.5. The van der Waals surface area contributed by atoms with Crippen LogP contribution in [0.5, 0.6) is 17.2 Å². The zero-order valence-corrected chi connectivity index (χ0v) is 20.5. The van der Waals surface area contributed by atoms with Crippen LogP contribution >= 0.6 is 0 Å². The molecule has 0 saturated carbocycles. The third kappa shape index (κ3) is 8.04. The molecule has 0 aliphatic carbocycles. The van der Waals surface area contributed by atoms with Crippen molar-refractivity contribution in [3.8, 4) is 17.2 Å². The summed E-state index contributed by atoms with van der Waals surface area (Å²) in [6, 6.07) is 12.7. The first-order chi connectivity index (χ1) is 16.1. The summed E-state index contributed by atoms with van der Waals surface area (Å²) in [4.78, 5) is 0. The number of benzene rings is 2. The van der Waals surface area contributed by atoms with Crippen LogP contribution < -0.4 is 4.74 Å². The van der Waals surface area contributed by atoms with Crippen molar-refractivity contribution in [1.29, 1.82) is 0 Å². The summed E-state index contributed by atoms with van der Waals surface area (Å²) in [5.74, 6) is 3.27. The molecule has 5 nitrogen and oxygen atoms in total. The molecule has 0 saturated heterocycles. The van der Waals surface area contributed by atoms with E-state index in [-0.39, 0.29) is 23.3 Å². The summed E-state index contributed by atoms with van der Waals surface area (Å²) in [5.41, 5.74) is 2.23. The molecule has 1 aliphatic heterocycles. The Balaban J connectivity index is 1.44. The van der Waals surface area contributed by atoms with Crippen molar-refractivity contribution >= 4 is 10.8 Å². The molecule has 6 heteroatoms. The lowest BCUT2D eigenvalue weighted by molar-refractivity contribution is 0.114. The molecular formula is C27H38O5S. The first kappa shape index (κ1) is 25.6. The third-order valence-corrected chi connectivity index (χ3v) is 7.82. The fourth-order valence-electron chi connectivity index (χ4n) is 4.41. The van der Waals surface area contributed by atoms with E-state index in [9.17, 15) is 14.4 Å². The maximum atomic E-state index is 11.8. The van der Waals surface area contributed by atoms with Crippen molar-refractivity contribution in [2.45, 2.75) is 63.7 Å². The molecule has 2 aromatic rings. The molecule has 182 valence electrons. The highest BCUT2D eigenvalue weighted by Crippen LogP contribution is 2.45.